The largest absolute Gasteiger partial charge is 0.468 e. The van der Waals surface area contributed by atoms with Gasteiger partial charge < -0.3 is 15.4 Å². The molecule has 0 saturated heterocycles. The number of amides is 2. The third kappa shape index (κ3) is 4.53. The number of hydrogen-bond donors (Lipinski definition) is 2. The fraction of sp³-hybridized carbons (Fsp3) is 0.250. The Kier molecular flexibility index (Phi) is 6.87. The van der Waals surface area contributed by atoms with Crippen LogP contribution in [0.1, 0.15) is 17.0 Å². The van der Waals surface area contributed by atoms with E-state index >= 15 is 0 Å². The van der Waals surface area contributed by atoms with Gasteiger partial charge in [0.05, 0.1) is 29.5 Å². The highest BCUT2D eigenvalue weighted by Crippen LogP contribution is 2.41. The molecule has 0 spiro atoms. The summed E-state index contributed by atoms with van der Waals surface area (Å²) >= 11 is 2.31. The highest BCUT2D eigenvalue weighted by atomic mass is 32.2. The second-order valence-electron chi connectivity index (χ2n) is 6.35. The predicted molar refractivity (Wildman–Crippen MR) is 113 cm³/mol. The Morgan fingerprint density at radius 3 is 2.80 bits per heavy atom. The van der Waals surface area contributed by atoms with E-state index in [9.17, 15) is 19.6 Å². The number of hydrogen-bond acceptors (Lipinski definition) is 8. The number of methoxy groups -OCH3 is 1. The zero-order valence-electron chi connectivity index (χ0n) is 16.2. The molecule has 2 amide bonds. The summed E-state index contributed by atoms with van der Waals surface area (Å²) in [6.45, 7) is 1.85. The van der Waals surface area contributed by atoms with Gasteiger partial charge in [-0.2, -0.15) is 5.26 Å². The van der Waals surface area contributed by atoms with Crippen molar-refractivity contribution >= 4 is 46.0 Å². The number of aryl methyl sites for hydroxylation is 1. The molecule has 0 unspecified atom stereocenters. The highest BCUT2D eigenvalue weighted by Gasteiger charge is 2.44. The number of nitriles is 1. The van der Waals surface area contributed by atoms with Crippen LogP contribution in [0, 0.1) is 24.2 Å². The van der Waals surface area contributed by atoms with Gasteiger partial charge in [-0.3, -0.25) is 14.4 Å². The van der Waals surface area contributed by atoms with Gasteiger partial charge in [-0.15, -0.1) is 11.3 Å². The number of ether oxygens (including phenoxy) is 1. The molecule has 0 aliphatic carbocycles. The molecule has 0 bridgehead atoms. The molecular formula is C20H18N4O4S2. The van der Waals surface area contributed by atoms with Crippen molar-refractivity contribution in [3.63, 3.8) is 0 Å². The Morgan fingerprint density at radius 2 is 2.17 bits per heavy atom. The molecule has 8 nitrogen and oxygen atoms in total. The van der Waals surface area contributed by atoms with Crippen molar-refractivity contribution in [3.05, 3.63) is 57.6 Å². The topological polar surface area (TPSA) is 121 Å². The normalized spacial score (nSPS) is 18.4. The maximum Gasteiger partial charge on any atom is 0.319 e. The van der Waals surface area contributed by atoms with Gasteiger partial charge in [-0.05, 0) is 18.1 Å². The standard InChI is InChI=1S/C20H18N4O4S2/c1-11-5-3-4-6-12(11)15-13(9-21)18(24-17(26)16(15)19(27)28-2)30-10-14(25)23-20-22-7-8-29-20/h3-8,15-16H,10H2,1-2H3,(H,24,26)(H,22,23,25)/t15-,16-/m1/s1. The first-order valence-corrected chi connectivity index (χ1v) is 10.7. The van der Waals surface area contributed by atoms with Crippen LogP contribution in [0.25, 0.3) is 0 Å². The van der Waals surface area contributed by atoms with Crippen LogP contribution in [0.15, 0.2) is 46.4 Å². The molecule has 1 aliphatic heterocycles. The summed E-state index contributed by atoms with van der Waals surface area (Å²) in [7, 11) is 1.20. The number of thiazole rings is 1. The van der Waals surface area contributed by atoms with E-state index in [0.29, 0.717) is 10.7 Å². The smallest absolute Gasteiger partial charge is 0.319 e. The van der Waals surface area contributed by atoms with E-state index < -0.39 is 23.7 Å². The van der Waals surface area contributed by atoms with E-state index in [-0.39, 0.29) is 22.3 Å². The Labute approximate surface area is 181 Å². The van der Waals surface area contributed by atoms with Gasteiger partial charge in [0.25, 0.3) is 0 Å². The van der Waals surface area contributed by atoms with Crippen LogP contribution in [0.4, 0.5) is 5.13 Å². The Morgan fingerprint density at radius 1 is 1.40 bits per heavy atom. The lowest BCUT2D eigenvalue weighted by Gasteiger charge is -2.31. The third-order valence-electron chi connectivity index (χ3n) is 4.53. The minimum absolute atomic E-state index is 0.0379. The van der Waals surface area contributed by atoms with Crippen molar-refractivity contribution in [2.45, 2.75) is 12.8 Å². The van der Waals surface area contributed by atoms with Gasteiger partial charge in [-0.25, -0.2) is 4.98 Å². The Balaban J connectivity index is 1.94. The summed E-state index contributed by atoms with van der Waals surface area (Å²) in [5.41, 5.74) is 1.74. The first-order chi connectivity index (χ1) is 14.5. The maximum absolute atomic E-state index is 12.8. The number of carbonyl (C=O) groups is 3. The van der Waals surface area contributed by atoms with Gasteiger partial charge in [-0.1, -0.05) is 36.0 Å². The van der Waals surface area contributed by atoms with Gasteiger partial charge in [0.15, 0.2) is 5.13 Å². The molecule has 2 heterocycles. The highest BCUT2D eigenvalue weighted by molar-refractivity contribution is 8.03. The van der Waals surface area contributed by atoms with Gasteiger partial charge in [0.1, 0.15) is 5.92 Å². The van der Waals surface area contributed by atoms with Crippen LogP contribution in [0.5, 0.6) is 0 Å². The molecule has 2 N–H and O–H groups in total. The summed E-state index contributed by atoms with van der Waals surface area (Å²) in [4.78, 5) is 41.4. The lowest BCUT2D eigenvalue weighted by molar-refractivity contribution is -0.150. The lowest BCUT2D eigenvalue weighted by Crippen LogP contribution is -2.44. The molecule has 30 heavy (non-hydrogen) atoms. The number of aromatic nitrogens is 1. The molecule has 1 aliphatic rings. The molecule has 3 rings (SSSR count). The van der Waals surface area contributed by atoms with Crippen LogP contribution in [0.2, 0.25) is 0 Å². The number of carbonyl (C=O) groups excluding carboxylic acids is 3. The zero-order chi connectivity index (χ0) is 21.7. The summed E-state index contributed by atoms with van der Waals surface area (Å²) in [6, 6.07) is 9.37. The quantitative estimate of drug-likeness (QED) is 0.521. The summed E-state index contributed by atoms with van der Waals surface area (Å²) < 4.78 is 4.83. The number of esters is 1. The van der Waals surface area contributed by atoms with Crippen molar-refractivity contribution in [1.29, 1.82) is 5.26 Å². The van der Waals surface area contributed by atoms with Crippen LogP contribution in [-0.4, -0.2) is 35.6 Å². The molecule has 2 aromatic rings. The fourth-order valence-electron chi connectivity index (χ4n) is 3.17. The monoisotopic (exact) mass is 442 g/mol. The number of nitrogens with one attached hydrogen (secondary N) is 2. The van der Waals surface area contributed by atoms with Crippen molar-refractivity contribution in [3.8, 4) is 6.07 Å². The summed E-state index contributed by atoms with van der Waals surface area (Å²) in [6.07, 6.45) is 1.57. The van der Waals surface area contributed by atoms with Gasteiger partial charge in [0, 0.05) is 17.5 Å². The first kappa shape index (κ1) is 21.5. The maximum atomic E-state index is 12.8. The van der Waals surface area contributed by atoms with Gasteiger partial charge in [0.2, 0.25) is 11.8 Å². The zero-order valence-corrected chi connectivity index (χ0v) is 17.8. The number of nitrogens with zero attached hydrogens (tertiary/aromatic N) is 2. The van der Waals surface area contributed by atoms with Crippen LogP contribution >= 0.6 is 23.1 Å². The molecule has 0 fully saturated rings. The van der Waals surface area contributed by atoms with Crippen LogP contribution < -0.4 is 10.6 Å². The minimum Gasteiger partial charge on any atom is -0.468 e. The van der Waals surface area contributed by atoms with E-state index in [0.717, 1.165) is 17.3 Å². The average molecular weight is 443 g/mol. The fourth-order valence-corrected chi connectivity index (χ4v) is 4.56. The number of thioether (sulfide) groups is 1. The van der Waals surface area contributed by atoms with Crippen molar-refractivity contribution in [1.82, 2.24) is 10.3 Å². The molecule has 1 aromatic carbocycles. The molecule has 1 aromatic heterocycles. The summed E-state index contributed by atoms with van der Waals surface area (Å²) in [5, 5.41) is 17.6. The van der Waals surface area contributed by atoms with E-state index in [1.54, 1.807) is 23.7 Å². The SMILES string of the molecule is COC(=O)[C@H]1C(=O)NC(SCC(=O)Nc2nccs2)=C(C#N)[C@H]1c1ccccc1C. The number of anilines is 1. The van der Waals surface area contributed by atoms with Crippen molar-refractivity contribution < 1.29 is 19.1 Å². The summed E-state index contributed by atoms with van der Waals surface area (Å²) in [5.74, 6) is -3.65. The first-order valence-electron chi connectivity index (χ1n) is 8.87. The third-order valence-corrected chi connectivity index (χ3v) is 6.24. The number of allylic oxidation sites excluding steroid dienone is 1. The van der Waals surface area contributed by atoms with Crippen molar-refractivity contribution in [2.75, 3.05) is 18.2 Å². The Bertz CT molecular complexity index is 1040. The molecule has 2 atom stereocenters. The average Bonchev–Trinajstić information content (AvgIpc) is 3.24. The van der Waals surface area contributed by atoms with E-state index in [1.807, 2.05) is 19.1 Å². The molecule has 10 heteroatoms. The van der Waals surface area contributed by atoms with Crippen LogP contribution in [-0.2, 0) is 19.1 Å². The Hall–Kier alpha value is -3.16. The second kappa shape index (κ2) is 9.56. The molecular weight excluding hydrogens is 424 g/mol. The molecule has 0 radical (unpaired) electrons. The predicted octanol–water partition coefficient (Wildman–Crippen LogP) is 2.56. The molecule has 154 valence electrons. The number of rotatable bonds is 6. The van der Waals surface area contributed by atoms with Crippen LogP contribution in [0.3, 0.4) is 0 Å². The van der Waals surface area contributed by atoms with Crippen molar-refractivity contribution in [2.24, 2.45) is 5.92 Å². The number of benzene rings is 1. The lowest BCUT2D eigenvalue weighted by atomic mass is 9.77. The van der Waals surface area contributed by atoms with E-state index in [2.05, 4.69) is 21.7 Å². The van der Waals surface area contributed by atoms with E-state index in [1.165, 1.54) is 18.4 Å². The minimum atomic E-state index is -1.20. The molecule has 0 saturated carbocycles. The second-order valence-corrected chi connectivity index (χ2v) is 8.23. The van der Waals surface area contributed by atoms with E-state index in [4.69, 9.17) is 4.74 Å². The van der Waals surface area contributed by atoms with Gasteiger partial charge >= 0.3 is 5.97 Å².